The fraction of sp³-hybridized carbons (Fsp3) is 0.381. The Bertz CT molecular complexity index is 800. The van der Waals surface area contributed by atoms with E-state index in [4.69, 9.17) is 0 Å². The number of carbonyl (C=O) groups is 1. The summed E-state index contributed by atoms with van der Waals surface area (Å²) in [7, 11) is 0. The number of halogens is 3. The molecule has 0 spiro atoms. The third-order valence-corrected chi connectivity index (χ3v) is 4.93. The first-order valence-corrected chi connectivity index (χ1v) is 9.29. The lowest BCUT2D eigenvalue weighted by atomic mass is 9.91. The molecule has 7 heteroatoms. The summed E-state index contributed by atoms with van der Waals surface area (Å²) in [5.41, 5.74) is 2.34. The quantitative estimate of drug-likeness (QED) is 0.769. The summed E-state index contributed by atoms with van der Waals surface area (Å²) in [5.74, 6) is -0.779. The fourth-order valence-electron chi connectivity index (χ4n) is 3.36. The molecule has 1 fully saturated rings. The predicted molar refractivity (Wildman–Crippen MR) is 101 cm³/mol. The molecule has 0 aromatic heterocycles. The minimum absolute atomic E-state index is 0.295. The van der Waals surface area contributed by atoms with Crippen molar-refractivity contribution in [1.29, 1.82) is 0 Å². The van der Waals surface area contributed by atoms with Crippen LogP contribution in [0.3, 0.4) is 0 Å². The fourth-order valence-corrected chi connectivity index (χ4v) is 3.36. The number of amides is 1. The van der Waals surface area contributed by atoms with Crippen LogP contribution in [0.5, 0.6) is 5.75 Å². The summed E-state index contributed by atoms with van der Waals surface area (Å²) in [4.78, 5) is 12.5. The van der Waals surface area contributed by atoms with E-state index < -0.39 is 12.3 Å². The second kappa shape index (κ2) is 8.65. The lowest BCUT2D eigenvalue weighted by Gasteiger charge is -2.23. The highest BCUT2D eigenvalue weighted by molar-refractivity contribution is 5.95. The van der Waals surface area contributed by atoms with Crippen molar-refractivity contribution in [3.05, 3.63) is 59.7 Å². The lowest BCUT2D eigenvalue weighted by molar-refractivity contribution is -0.274. The normalized spacial score (nSPS) is 18.4. The van der Waals surface area contributed by atoms with Gasteiger partial charge in [0, 0.05) is 12.2 Å². The summed E-state index contributed by atoms with van der Waals surface area (Å²) >= 11 is 0. The SMILES string of the molecule is CC(C(=O)Nc1ccc(C2CCCNC2)cc1)c1cccc(OC(F)(F)F)c1. The van der Waals surface area contributed by atoms with Gasteiger partial charge in [-0.15, -0.1) is 13.2 Å². The lowest BCUT2D eigenvalue weighted by Crippen LogP contribution is -2.28. The van der Waals surface area contributed by atoms with Crippen LogP contribution >= 0.6 is 0 Å². The first-order valence-electron chi connectivity index (χ1n) is 9.29. The largest absolute Gasteiger partial charge is 0.573 e. The Morgan fingerprint density at radius 3 is 2.61 bits per heavy atom. The molecule has 4 nitrogen and oxygen atoms in total. The molecule has 1 aliphatic heterocycles. The van der Waals surface area contributed by atoms with E-state index in [1.54, 1.807) is 13.0 Å². The first kappa shape index (κ1) is 20.2. The van der Waals surface area contributed by atoms with Crippen molar-refractivity contribution in [3.8, 4) is 5.75 Å². The smallest absolute Gasteiger partial charge is 0.406 e. The number of alkyl halides is 3. The monoisotopic (exact) mass is 392 g/mol. The summed E-state index contributed by atoms with van der Waals surface area (Å²) in [6, 6.07) is 13.2. The third kappa shape index (κ3) is 5.48. The molecule has 2 unspecified atom stereocenters. The van der Waals surface area contributed by atoms with E-state index in [1.165, 1.54) is 23.8 Å². The van der Waals surface area contributed by atoms with E-state index >= 15 is 0 Å². The van der Waals surface area contributed by atoms with Gasteiger partial charge < -0.3 is 15.4 Å². The Morgan fingerprint density at radius 2 is 1.96 bits per heavy atom. The maximum atomic E-state index is 12.5. The van der Waals surface area contributed by atoms with Gasteiger partial charge in [0.2, 0.25) is 5.91 Å². The highest BCUT2D eigenvalue weighted by Gasteiger charge is 2.31. The molecule has 2 N–H and O–H groups in total. The maximum Gasteiger partial charge on any atom is 0.573 e. The third-order valence-electron chi connectivity index (χ3n) is 4.93. The number of carbonyl (C=O) groups excluding carboxylic acids is 1. The molecule has 0 bridgehead atoms. The molecule has 2 aromatic carbocycles. The number of hydrogen-bond acceptors (Lipinski definition) is 3. The minimum Gasteiger partial charge on any atom is -0.406 e. The molecular weight excluding hydrogens is 369 g/mol. The number of hydrogen-bond donors (Lipinski definition) is 2. The van der Waals surface area contributed by atoms with Crippen molar-refractivity contribution in [1.82, 2.24) is 5.32 Å². The van der Waals surface area contributed by atoms with Gasteiger partial charge in [-0.05, 0) is 67.6 Å². The van der Waals surface area contributed by atoms with Crippen LogP contribution < -0.4 is 15.4 Å². The van der Waals surface area contributed by atoms with Crippen molar-refractivity contribution in [2.45, 2.75) is 38.0 Å². The summed E-state index contributed by atoms with van der Waals surface area (Å²) in [6.07, 6.45) is -2.47. The molecule has 2 aromatic rings. The van der Waals surface area contributed by atoms with Gasteiger partial charge in [-0.1, -0.05) is 24.3 Å². The average Bonchev–Trinajstić information content (AvgIpc) is 2.67. The highest BCUT2D eigenvalue weighted by atomic mass is 19.4. The van der Waals surface area contributed by atoms with Crippen molar-refractivity contribution in [2.24, 2.45) is 0 Å². The minimum atomic E-state index is -4.76. The van der Waals surface area contributed by atoms with Crippen molar-refractivity contribution < 1.29 is 22.7 Å². The van der Waals surface area contributed by atoms with E-state index in [-0.39, 0.29) is 11.7 Å². The summed E-state index contributed by atoms with van der Waals surface area (Å²) < 4.78 is 41.1. The predicted octanol–water partition coefficient (Wildman–Crippen LogP) is 4.79. The molecule has 1 heterocycles. The van der Waals surface area contributed by atoms with Gasteiger partial charge in [0.05, 0.1) is 5.92 Å². The van der Waals surface area contributed by atoms with E-state index in [0.717, 1.165) is 25.9 Å². The van der Waals surface area contributed by atoms with E-state index in [2.05, 4.69) is 15.4 Å². The van der Waals surface area contributed by atoms with Gasteiger partial charge in [-0.25, -0.2) is 0 Å². The summed E-state index contributed by atoms with van der Waals surface area (Å²) in [5, 5.41) is 6.20. The van der Waals surface area contributed by atoms with Crippen LogP contribution in [0, 0.1) is 0 Å². The zero-order valence-electron chi connectivity index (χ0n) is 15.6. The molecule has 150 valence electrons. The van der Waals surface area contributed by atoms with Crippen LogP contribution in [0.2, 0.25) is 0 Å². The van der Waals surface area contributed by atoms with Crippen LogP contribution in [-0.2, 0) is 4.79 Å². The Balaban J connectivity index is 1.63. The first-order chi connectivity index (χ1) is 13.3. The molecule has 1 aliphatic rings. The van der Waals surface area contributed by atoms with Crippen LogP contribution in [0.25, 0.3) is 0 Å². The standard InChI is InChI=1S/C21H23F3N2O2/c1-14(16-4-2-6-19(12-16)28-21(22,23)24)20(27)26-18-9-7-15(8-10-18)17-5-3-11-25-13-17/h2,4,6-10,12,14,17,25H,3,5,11,13H2,1H3,(H,26,27). The zero-order chi connectivity index (χ0) is 20.1. The van der Waals surface area contributed by atoms with Crippen molar-refractivity contribution in [3.63, 3.8) is 0 Å². The van der Waals surface area contributed by atoms with Crippen LogP contribution in [0.4, 0.5) is 18.9 Å². The number of nitrogens with one attached hydrogen (secondary N) is 2. The molecule has 3 rings (SSSR count). The molecule has 0 saturated carbocycles. The van der Waals surface area contributed by atoms with Gasteiger partial charge in [-0.3, -0.25) is 4.79 Å². The number of rotatable bonds is 5. The Kier molecular flexibility index (Phi) is 6.24. The second-order valence-electron chi connectivity index (χ2n) is 7.00. The van der Waals surface area contributed by atoms with Gasteiger partial charge in [0.15, 0.2) is 0 Å². The van der Waals surface area contributed by atoms with E-state index in [1.807, 2.05) is 24.3 Å². The van der Waals surface area contributed by atoms with Gasteiger partial charge >= 0.3 is 6.36 Å². The Labute approximate surface area is 162 Å². The number of benzene rings is 2. The zero-order valence-corrected chi connectivity index (χ0v) is 15.6. The van der Waals surface area contributed by atoms with Crippen LogP contribution in [0.1, 0.15) is 42.7 Å². The summed E-state index contributed by atoms with van der Waals surface area (Å²) in [6.45, 7) is 3.65. The van der Waals surface area contributed by atoms with Gasteiger partial charge in [0.1, 0.15) is 5.75 Å². The molecule has 2 atom stereocenters. The van der Waals surface area contributed by atoms with Crippen LogP contribution in [0.15, 0.2) is 48.5 Å². The molecule has 1 amide bonds. The van der Waals surface area contributed by atoms with Crippen molar-refractivity contribution in [2.75, 3.05) is 18.4 Å². The highest BCUT2D eigenvalue weighted by Crippen LogP contribution is 2.28. The molecule has 0 radical (unpaired) electrons. The van der Waals surface area contributed by atoms with Gasteiger partial charge in [-0.2, -0.15) is 0 Å². The number of ether oxygens (including phenoxy) is 1. The van der Waals surface area contributed by atoms with Crippen LogP contribution in [-0.4, -0.2) is 25.4 Å². The molecule has 1 saturated heterocycles. The molecule has 0 aliphatic carbocycles. The van der Waals surface area contributed by atoms with Gasteiger partial charge in [0.25, 0.3) is 0 Å². The number of piperidine rings is 1. The van der Waals surface area contributed by atoms with Crippen molar-refractivity contribution >= 4 is 11.6 Å². The molecule has 28 heavy (non-hydrogen) atoms. The Morgan fingerprint density at radius 1 is 1.21 bits per heavy atom. The van der Waals surface area contributed by atoms with E-state index in [0.29, 0.717) is 17.2 Å². The maximum absolute atomic E-state index is 12.5. The molecular formula is C21H23F3N2O2. The second-order valence-corrected chi connectivity index (χ2v) is 7.00. The van der Waals surface area contributed by atoms with E-state index in [9.17, 15) is 18.0 Å². The number of anilines is 1. The topological polar surface area (TPSA) is 50.4 Å². The average molecular weight is 392 g/mol. The Hall–Kier alpha value is -2.54.